The molecule has 11 heteroatoms. The molecule has 3 heterocycles. The van der Waals surface area contributed by atoms with Gasteiger partial charge < -0.3 is 15.1 Å². The zero-order chi connectivity index (χ0) is 17.5. The number of amides is 3. The zero-order valence-corrected chi connectivity index (χ0v) is 14.2. The smallest absolute Gasteiger partial charge is 0.351 e. The predicted octanol–water partition coefficient (Wildman–Crippen LogP) is -0.800. The van der Waals surface area contributed by atoms with Gasteiger partial charge in [0.25, 0.3) is 0 Å². The van der Waals surface area contributed by atoms with Gasteiger partial charge in [0, 0.05) is 12.6 Å². The van der Waals surface area contributed by atoms with E-state index in [-0.39, 0.29) is 18.5 Å². The van der Waals surface area contributed by atoms with Crippen LogP contribution in [0.4, 0.5) is 4.79 Å². The fourth-order valence-corrected chi connectivity index (χ4v) is 3.94. The van der Waals surface area contributed by atoms with Gasteiger partial charge in [-0.3, -0.25) is 9.35 Å². The van der Waals surface area contributed by atoms with Gasteiger partial charge in [-0.1, -0.05) is 0 Å². The first-order chi connectivity index (χ1) is 11.2. The molecule has 0 aliphatic carbocycles. The summed E-state index contributed by atoms with van der Waals surface area (Å²) in [6, 6.07) is -1.73. The van der Waals surface area contributed by atoms with Gasteiger partial charge in [-0.15, -0.1) is 4.28 Å². The number of carbonyl (C=O) groups is 2. The van der Waals surface area contributed by atoms with Crippen LogP contribution in [0.25, 0.3) is 0 Å². The lowest BCUT2D eigenvalue weighted by Crippen LogP contribution is -2.53. The van der Waals surface area contributed by atoms with Crippen molar-refractivity contribution in [2.24, 2.45) is 0 Å². The molecule has 0 radical (unpaired) electrons. The van der Waals surface area contributed by atoms with E-state index in [0.717, 1.165) is 25.9 Å². The summed E-state index contributed by atoms with van der Waals surface area (Å²) >= 11 is 0. The maximum atomic E-state index is 12.5. The summed E-state index contributed by atoms with van der Waals surface area (Å²) in [7, 11) is -2.74. The van der Waals surface area contributed by atoms with Crippen molar-refractivity contribution >= 4 is 22.3 Å². The third kappa shape index (κ3) is 3.63. The SMILES string of the molecule is CN1CCC(NC(=O)[C@H]2CC[C@@H]3CN2C(=O)N3OS(=O)(=O)O)CC1. The van der Waals surface area contributed by atoms with E-state index < -0.39 is 28.5 Å². The van der Waals surface area contributed by atoms with Crippen LogP contribution >= 0.6 is 0 Å². The van der Waals surface area contributed by atoms with Crippen LogP contribution in [0, 0.1) is 0 Å². The molecule has 0 aromatic carbocycles. The number of piperidine rings is 2. The Labute approximate surface area is 140 Å². The quantitative estimate of drug-likeness (QED) is 0.628. The largest absolute Gasteiger partial charge is 0.418 e. The van der Waals surface area contributed by atoms with Crippen LogP contribution in [0.2, 0.25) is 0 Å². The summed E-state index contributed by atoms with van der Waals surface area (Å²) in [4.78, 5) is 28.3. The topological polar surface area (TPSA) is 119 Å². The van der Waals surface area contributed by atoms with Gasteiger partial charge in [-0.2, -0.15) is 13.5 Å². The lowest BCUT2D eigenvalue weighted by Gasteiger charge is -2.33. The van der Waals surface area contributed by atoms with Crippen LogP contribution in [0.15, 0.2) is 0 Å². The number of nitrogens with zero attached hydrogens (tertiary/aromatic N) is 3. The maximum absolute atomic E-state index is 12.5. The first-order valence-electron chi connectivity index (χ1n) is 8.00. The first kappa shape index (κ1) is 17.4. The highest BCUT2D eigenvalue weighted by Crippen LogP contribution is 2.30. The number of hydrogen-bond donors (Lipinski definition) is 2. The van der Waals surface area contributed by atoms with Crippen molar-refractivity contribution in [3.63, 3.8) is 0 Å². The number of hydroxylamine groups is 2. The van der Waals surface area contributed by atoms with E-state index in [1.807, 2.05) is 7.05 Å². The Hall–Kier alpha value is -1.43. The van der Waals surface area contributed by atoms with E-state index in [1.54, 1.807) is 0 Å². The van der Waals surface area contributed by atoms with Gasteiger partial charge in [-0.05, 0) is 45.8 Å². The molecule has 0 unspecified atom stereocenters. The Morgan fingerprint density at radius 2 is 1.92 bits per heavy atom. The fourth-order valence-electron chi connectivity index (χ4n) is 3.55. The minimum absolute atomic E-state index is 0.0919. The maximum Gasteiger partial charge on any atom is 0.418 e. The molecule has 2 atom stereocenters. The van der Waals surface area contributed by atoms with Gasteiger partial charge in [-0.25, -0.2) is 4.79 Å². The van der Waals surface area contributed by atoms with Crippen LogP contribution in [-0.2, 0) is 19.5 Å². The summed E-state index contributed by atoms with van der Waals surface area (Å²) in [6.07, 6.45) is 2.59. The lowest BCUT2D eigenvalue weighted by molar-refractivity contribution is -0.127. The molecule has 0 spiro atoms. The molecule has 3 aliphatic rings. The second-order valence-corrected chi connectivity index (χ2v) is 7.60. The van der Waals surface area contributed by atoms with Crippen LogP contribution in [-0.4, -0.2) is 84.6 Å². The van der Waals surface area contributed by atoms with Crippen LogP contribution in [0.1, 0.15) is 25.7 Å². The highest BCUT2D eigenvalue weighted by molar-refractivity contribution is 7.80. The highest BCUT2D eigenvalue weighted by Gasteiger charge is 2.49. The summed E-state index contributed by atoms with van der Waals surface area (Å²) in [6.45, 7) is 2.03. The number of carbonyl (C=O) groups excluding carboxylic acids is 2. The van der Waals surface area contributed by atoms with E-state index in [9.17, 15) is 18.0 Å². The minimum Gasteiger partial charge on any atom is -0.351 e. The van der Waals surface area contributed by atoms with Gasteiger partial charge in [0.1, 0.15) is 6.04 Å². The van der Waals surface area contributed by atoms with Crippen molar-refractivity contribution < 1.29 is 26.8 Å². The molecule has 2 bridgehead atoms. The zero-order valence-electron chi connectivity index (χ0n) is 13.4. The van der Waals surface area contributed by atoms with Crippen molar-refractivity contribution in [1.29, 1.82) is 0 Å². The Kier molecular flexibility index (Phi) is 4.69. The summed E-state index contributed by atoms with van der Waals surface area (Å²) in [5.41, 5.74) is 0. The average Bonchev–Trinajstić information content (AvgIpc) is 2.73. The number of nitrogens with one attached hydrogen (secondary N) is 1. The number of rotatable bonds is 4. The second kappa shape index (κ2) is 6.47. The van der Waals surface area contributed by atoms with E-state index >= 15 is 0 Å². The second-order valence-electron chi connectivity index (χ2n) is 6.60. The molecule has 3 rings (SSSR count). The Bertz CT molecular complexity index is 618. The number of urea groups is 1. The fraction of sp³-hybridized carbons (Fsp3) is 0.846. The van der Waals surface area contributed by atoms with E-state index in [4.69, 9.17) is 4.55 Å². The summed E-state index contributed by atoms with van der Waals surface area (Å²) in [5.74, 6) is -0.218. The third-order valence-electron chi connectivity index (χ3n) is 4.86. The van der Waals surface area contributed by atoms with Crippen molar-refractivity contribution in [2.75, 3.05) is 26.7 Å². The number of fused-ring (bicyclic) bond motifs is 2. The van der Waals surface area contributed by atoms with Gasteiger partial charge in [0.15, 0.2) is 0 Å². The molecule has 2 N–H and O–H groups in total. The molecule has 3 aliphatic heterocycles. The monoisotopic (exact) mass is 362 g/mol. The predicted molar refractivity (Wildman–Crippen MR) is 82.0 cm³/mol. The van der Waals surface area contributed by atoms with Crippen molar-refractivity contribution in [3.05, 3.63) is 0 Å². The summed E-state index contributed by atoms with van der Waals surface area (Å²) < 4.78 is 34.9. The molecule has 24 heavy (non-hydrogen) atoms. The molecule has 0 aromatic heterocycles. The molecule has 0 saturated carbocycles. The van der Waals surface area contributed by atoms with Crippen molar-refractivity contribution in [3.8, 4) is 0 Å². The molecule has 3 saturated heterocycles. The highest BCUT2D eigenvalue weighted by atomic mass is 32.3. The van der Waals surface area contributed by atoms with Crippen molar-refractivity contribution in [1.82, 2.24) is 20.2 Å². The molecule has 10 nitrogen and oxygen atoms in total. The first-order valence-corrected chi connectivity index (χ1v) is 9.37. The van der Waals surface area contributed by atoms with Crippen molar-refractivity contribution in [2.45, 2.75) is 43.8 Å². The average molecular weight is 362 g/mol. The van der Waals surface area contributed by atoms with Gasteiger partial charge in [0.2, 0.25) is 5.91 Å². The number of likely N-dealkylation sites (tertiary alicyclic amines) is 1. The molecule has 3 amide bonds. The van der Waals surface area contributed by atoms with Crippen LogP contribution in [0.5, 0.6) is 0 Å². The molecular formula is C13H22N4O6S. The number of hydrogen-bond acceptors (Lipinski definition) is 6. The van der Waals surface area contributed by atoms with Crippen LogP contribution < -0.4 is 5.32 Å². The van der Waals surface area contributed by atoms with Gasteiger partial charge >= 0.3 is 16.4 Å². The molecular weight excluding hydrogens is 340 g/mol. The Balaban J connectivity index is 1.62. The van der Waals surface area contributed by atoms with Gasteiger partial charge in [0.05, 0.1) is 6.04 Å². The Morgan fingerprint density at radius 1 is 1.25 bits per heavy atom. The molecule has 136 valence electrons. The van der Waals surface area contributed by atoms with Crippen LogP contribution in [0.3, 0.4) is 0 Å². The minimum atomic E-state index is -4.77. The van der Waals surface area contributed by atoms with E-state index in [2.05, 4.69) is 14.5 Å². The van der Waals surface area contributed by atoms with E-state index in [0.29, 0.717) is 17.9 Å². The molecule has 3 fully saturated rings. The normalized spacial score (nSPS) is 29.2. The van der Waals surface area contributed by atoms with E-state index in [1.165, 1.54) is 4.90 Å². The Morgan fingerprint density at radius 3 is 2.54 bits per heavy atom. The molecule has 0 aromatic rings. The summed E-state index contributed by atoms with van der Waals surface area (Å²) in [5, 5.41) is 3.64. The third-order valence-corrected chi connectivity index (χ3v) is 5.21. The standard InChI is InChI=1S/C13H22N4O6S/c1-15-6-4-9(5-7-15)14-12(18)11-3-2-10-8-16(11)13(19)17(10)23-24(20,21)22/h9-11H,2-8H2,1H3,(H,14,18)(H,20,21,22)/t10-,11-/m1/s1. The lowest BCUT2D eigenvalue weighted by atomic mass is 9.99.